The van der Waals surface area contributed by atoms with E-state index in [1.165, 1.54) is 25.7 Å². The van der Waals surface area contributed by atoms with Crippen molar-refractivity contribution in [1.29, 1.82) is 0 Å². The van der Waals surface area contributed by atoms with Gasteiger partial charge in [0.25, 0.3) is 0 Å². The molecule has 2 N–H and O–H groups in total. The summed E-state index contributed by atoms with van der Waals surface area (Å²) < 4.78 is 0. The lowest BCUT2D eigenvalue weighted by Crippen LogP contribution is -2.55. The standard InChI is InChI=1S/C14H24N2O3/c1-16(9-8-13(17)18)14(19)12-7-6-10-4-2-3-5-11(10)15-12/h10-12,15H,2-9H2,1H3,(H,17,18). The molecule has 19 heavy (non-hydrogen) atoms. The lowest BCUT2D eigenvalue weighted by Gasteiger charge is -2.40. The smallest absolute Gasteiger partial charge is 0.305 e. The topological polar surface area (TPSA) is 69.6 Å². The lowest BCUT2D eigenvalue weighted by molar-refractivity contribution is -0.138. The first kappa shape index (κ1) is 14.3. The average Bonchev–Trinajstić information content (AvgIpc) is 2.43. The number of amides is 1. The van der Waals surface area contributed by atoms with Gasteiger partial charge in [-0.05, 0) is 31.6 Å². The predicted molar refractivity (Wildman–Crippen MR) is 71.8 cm³/mol. The van der Waals surface area contributed by atoms with Crippen LogP contribution in [0.4, 0.5) is 0 Å². The first-order valence-electron chi connectivity index (χ1n) is 7.30. The molecule has 1 aliphatic heterocycles. The molecule has 3 unspecified atom stereocenters. The molecule has 0 spiro atoms. The fraction of sp³-hybridized carbons (Fsp3) is 0.857. The van der Waals surface area contributed by atoms with Gasteiger partial charge in [0, 0.05) is 19.6 Å². The molecule has 0 aromatic rings. The summed E-state index contributed by atoms with van der Waals surface area (Å²) >= 11 is 0. The van der Waals surface area contributed by atoms with Crippen LogP contribution in [0.5, 0.6) is 0 Å². The molecule has 5 nitrogen and oxygen atoms in total. The van der Waals surface area contributed by atoms with Crippen LogP contribution in [0.3, 0.4) is 0 Å². The van der Waals surface area contributed by atoms with Crippen molar-refractivity contribution in [3.63, 3.8) is 0 Å². The number of carboxylic acid groups (broad SMARTS) is 1. The number of nitrogens with one attached hydrogen (secondary N) is 1. The highest BCUT2D eigenvalue weighted by Gasteiger charge is 2.35. The van der Waals surface area contributed by atoms with E-state index in [1.807, 2.05) is 0 Å². The number of carboxylic acids is 1. The number of likely N-dealkylation sites (N-methyl/N-ethyl adjacent to an activating group) is 1. The number of piperidine rings is 1. The minimum atomic E-state index is -0.858. The molecule has 108 valence electrons. The van der Waals surface area contributed by atoms with Crippen LogP contribution in [0.2, 0.25) is 0 Å². The van der Waals surface area contributed by atoms with Crippen molar-refractivity contribution in [2.45, 2.75) is 57.0 Å². The number of hydrogen-bond donors (Lipinski definition) is 2. The van der Waals surface area contributed by atoms with Gasteiger partial charge >= 0.3 is 5.97 Å². The van der Waals surface area contributed by atoms with Gasteiger partial charge in [0.1, 0.15) is 0 Å². The molecule has 1 heterocycles. The quantitative estimate of drug-likeness (QED) is 0.804. The molecule has 0 aromatic carbocycles. The number of rotatable bonds is 4. The summed E-state index contributed by atoms with van der Waals surface area (Å²) in [5.74, 6) is -0.0732. The van der Waals surface area contributed by atoms with Crippen molar-refractivity contribution in [3.05, 3.63) is 0 Å². The summed E-state index contributed by atoms with van der Waals surface area (Å²) in [7, 11) is 1.69. The fourth-order valence-corrected chi connectivity index (χ4v) is 3.33. The molecule has 5 heteroatoms. The number of carbonyl (C=O) groups is 2. The summed E-state index contributed by atoms with van der Waals surface area (Å²) in [6.07, 6.45) is 7.06. The van der Waals surface area contributed by atoms with Gasteiger partial charge in [0.05, 0.1) is 12.5 Å². The number of nitrogens with zero attached hydrogens (tertiary/aromatic N) is 1. The number of hydrogen-bond acceptors (Lipinski definition) is 3. The van der Waals surface area contributed by atoms with Gasteiger partial charge in [0.2, 0.25) is 5.91 Å². The molecule has 2 aliphatic rings. The van der Waals surface area contributed by atoms with Gasteiger partial charge < -0.3 is 15.3 Å². The third-order valence-electron chi connectivity index (χ3n) is 4.49. The zero-order valence-electron chi connectivity index (χ0n) is 11.6. The van der Waals surface area contributed by atoms with Gasteiger partial charge in [-0.2, -0.15) is 0 Å². The highest BCUT2D eigenvalue weighted by molar-refractivity contribution is 5.82. The Hall–Kier alpha value is -1.10. The molecule has 3 atom stereocenters. The Labute approximate surface area is 114 Å². The van der Waals surface area contributed by atoms with E-state index in [0.29, 0.717) is 12.6 Å². The first-order valence-corrected chi connectivity index (χ1v) is 7.30. The second-order valence-corrected chi connectivity index (χ2v) is 5.85. The fourth-order valence-electron chi connectivity index (χ4n) is 3.33. The van der Waals surface area contributed by atoms with Crippen molar-refractivity contribution < 1.29 is 14.7 Å². The Kier molecular flexibility index (Phi) is 4.80. The van der Waals surface area contributed by atoms with E-state index in [0.717, 1.165) is 18.8 Å². The summed E-state index contributed by atoms with van der Waals surface area (Å²) in [4.78, 5) is 24.3. The van der Waals surface area contributed by atoms with Crippen LogP contribution in [0, 0.1) is 5.92 Å². The average molecular weight is 268 g/mol. The van der Waals surface area contributed by atoms with Crippen molar-refractivity contribution in [2.75, 3.05) is 13.6 Å². The zero-order chi connectivity index (χ0) is 13.8. The Morgan fingerprint density at radius 2 is 1.95 bits per heavy atom. The highest BCUT2D eigenvalue weighted by Crippen LogP contribution is 2.32. The molecular weight excluding hydrogens is 244 g/mol. The van der Waals surface area contributed by atoms with Gasteiger partial charge in [-0.1, -0.05) is 12.8 Å². The van der Waals surface area contributed by atoms with Crippen LogP contribution in [-0.4, -0.2) is 47.6 Å². The molecule has 0 radical (unpaired) electrons. The van der Waals surface area contributed by atoms with Crippen LogP contribution in [-0.2, 0) is 9.59 Å². The second-order valence-electron chi connectivity index (χ2n) is 5.85. The Balaban J connectivity index is 1.84. The molecule has 0 bridgehead atoms. The largest absolute Gasteiger partial charge is 0.481 e. The Bertz CT molecular complexity index is 346. The molecule has 0 aromatic heterocycles. The highest BCUT2D eigenvalue weighted by atomic mass is 16.4. The van der Waals surface area contributed by atoms with E-state index in [1.54, 1.807) is 11.9 Å². The molecule has 1 saturated carbocycles. The van der Waals surface area contributed by atoms with Gasteiger partial charge in [0.15, 0.2) is 0 Å². The van der Waals surface area contributed by atoms with Gasteiger partial charge in [-0.25, -0.2) is 0 Å². The SMILES string of the molecule is CN(CCC(=O)O)C(=O)C1CCC2CCCCC2N1. The summed E-state index contributed by atoms with van der Waals surface area (Å²) in [5, 5.41) is 12.1. The van der Waals surface area contributed by atoms with Crippen molar-refractivity contribution >= 4 is 11.9 Å². The molecule has 1 saturated heterocycles. The van der Waals surface area contributed by atoms with Crippen LogP contribution >= 0.6 is 0 Å². The van der Waals surface area contributed by atoms with Crippen LogP contribution in [0.1, 0.15) is 44.9 Å². The predicted octanol–water partition coefficient (Wildman–Crippen LogP) is 1.23. The van der Waals surface area contributed by atoms with Gasteiger partial charge in [-0.3, -0.25) is 9.59 Å². The first-order chi connectivity index (χ1) is 9.08. The van der Waals surface area contributed by atoms with Crippen LogP contribution in [0.15, 0.2) is 0 Å². The minimum absolute atomic E-state index is 0.0149. The third kappa shape index (κ3) is 3.69. The van der Waals surface area contributed by atoms with Crippen LogP contribution < -0.4 is 5.32 Å². The second kappa shape index (κ2) is 6.37. The third-order valence-corrected chi connectivity index (χ3v) is 4.49. The molecule has 1 aliphatic carbocycles. The molecule has 1 amide bonds. The van der Waals surface area contributed by atoms with Crippen LogP contribution in [0.25, 0.3) is 0 Å². The summed E-state index contributed by atoms with van der Waals surface area (Å²) in [6.45, 7) is 0.292. The Morgan fingerprint density at radius 3 is 2.68 bits per heavy atom. The van der Waals surface area contributed by atoms with Crippen molar-refractivity contribution in [2.24, 2.45) is 5.92 Å². The lowest BCUT2D eigenvalue weighted by atomic mass is 9.77. The van der Waals surface area contributed by atoms with E-state index in [4.69, 9.17) is 5.11 Å². The maximum atomic E-state index is 12.3. The monoisotopic (exact) mass is 268 g/mol. The van der Waals surface area contributed by atoms with Crippen molar-refractivity contribution in [3.8, 4) is 0 Å². The van der Waals surface area contributed by atoms with E-state index in [2.05, 4.69) is 5.32 Å². The maximum Gasteiger partial charge on any atom is 0.305 e. The number of fused-ring (bicyclic) bond motifs is 1. The van der Waals surface area contributed by atoms with E-state index in [9.17, 15) is 9.59 Å². The van der Waals surface area contributed by atoms with E-state index >= 15 is 0 Å². The molecule has 2 rings (SSSR count). The van der Waals surface area contributed by atoms with E-state index in [-0.39, 0.29) is 18.4 Å². The number of aliphatic carboxylic acids is 1. The Morgan fingerprint density at radius 1 is 1.21 bits per heavy atom. The van der Waals surface area contributed by atoms with Gasteiger partial charge in [-0.15, -0.1) is 0 Å². The van der Waals surface area contributed by atoms with E-state index < -0.39 is 5.97 Å². The normalized spacial score (nSPS) is 30.5. The minimum Gasteiger partial charge on any atom is -0.481 e. The zero-order valence-corrected chi connectivity index (χ0v) is 11.6. The number of carbonyl (C=O) groups excluding carboxylic acids is 1. The van der Waals surface area contributed by atoms with Crippen molar-refractivity contribution in [1.82, 2.24) is 10.2 Å². The molecular formula is C14H24N2O3. The summed E-state index contributed by atoms with van der Waals surface area (Å²) in [5.41, 5.74) is 0. The maximum absolute atomic E-state index is 12.3. The molecule has 2 fully saturated rings. The summed E-state index contributed by atoms with van der Waals surface area (Å²) in [6, 6.07) is 0.377.